The maximum absolute atomic E-state index is 12.7. The van der Waals surface area contributed by atoms with E-state index in [4.69, 9.17) is 30.5 Å². The summed E-state index contributed by atoms with van der Waals surface area (Å²) in [5, 5.41) is 3.19. The molecule has 2 aliphatic rings. The van der Waals surface area contributed by atoms with E-state index in [9.17, 15) is 4.79 Å². The van der Waals surface area contributed by atoms with Gasteiger partial charge < -0.3 is 24.3 Å². The molecule has 6 nitrogen and oxygen atoms in total. The first-order valence-electron chi connectivity index (χ1n) is 9.37. The standard InChI is InChI=1S/C21H22ClNO5/c1-3-26-19-15(22)10-13(11-18(19)25-2)20(24)23-14-6-7-16-17(12-14)28-21(27-16)8-4-5-9-21/h6-7,10-12H,3-5,8-9H2,1-2H3,(H,23,24). The quantitative estimate of drug-likeness (QED) is 0.757. The number of ether oxygens (including phenoxy) is 4. The minimum absolute atomic E-state index is 0.308. The van der Waals surface area contributed by atoms with E-state index in [1.54, 1.807) is 24.3 Å². The van der Waals surface area contributed by atoms with Crippen LogP contribution in [0.4, 0.5) is 5.69 Å². The molecular formula is C21H22ClNO5. The fourth-order valence-electron chi connectivity index (χ4n) is 3.63. The molecule has 1 aliphatic heterocycles. The Morgan fingerprint density at radius 1 is 1.18 bits per heavy atom. The minimum atomic E-state index is -0.527. The first kappa shape index (κ1) is 18.7. The van der Waals surface area contributed by atoms with Crippen molar-refractivity contribution in [2.45, 2.75) is 38.4 Å². The summed E-state index contributed by atoms with van der Waals surface area (Å²) in [6.07, 6.45) is 3.96. The van der Waals surface area contributed by atoms with Crippen LogP contribution in [-0.4, -0.2) is 25.4 Å². The molecule has 1 spiro atoms. The SMILES string of the molecule is CCOc1c(Cl)cc(C(=O)Nc2ccc3c(c2)OC2(CCCC2)O3)cc1OC. The van der Waals surface area contributed by atoms with Gasteiger partial charge in [0.15, 0.2) is 23.0 Å². The number of benzene rings is 2. The van der Waals surface area contributed by atoms with E-state index < -0.39 is 5.79 Å². The highest BCUT2D eigenvalue weighted by Crippen LogP contribution is 2.47. The number of halogens is 1. The van der Waals surface area contributed by atoms with Crippen molar-refractivity contribution in [3.05, 3.63) is 40.9 Å². The molecule has 1 amide bonds. The molecule has 1 fully saturated rings. The number of fused-ring (bicyclic) bond motifs is 1. The number of hydrogen-bond donors (Lipinski definition) is 1. The summed E-state index contributed by atoms with van der Waals surface area (Å²) in [6.45, 7) is 2.30. The molecule has 0 atom stereocenters. The molecule has 0 aromatic heterocycles. The summed E-state index contributed by atoms with van der Waals surface area (Å²) in [5.41, 5.74) is 0.988. The molecule has 2 aromatic carbocycles. The third-order valence-corrected chi connectivity index (χ3v) is 5.22. The van der Waals surface area contributed by atoms with E-state index in [1.807, 2.05) is 13.0 Å². The first-order valence-corrected chi connectivity index (χ1v) is 9.75. The second kappa shape index (κ2) is 7.43. The largest absolute Gasteiger partial charge is 0.493 e. The number of amides is 1. The third-order valence-electron chi connectivity index (χ3n) is 4.94. The van der Waals surface area contributed by atoms with Crippen LogP contribution >= 0.6 is 11.6 Å². The highest BCUT2D eigenvalue weighted by atomic mass is 35.5. The van der Waals surface area contributed by atoms with Crippen LogP contribution in [0.15, 0.2) is 30.3 Å². The van der Waals surface area contributed by atoms with Crippen LogP contribution in [0.5, 0.6) is 23.0 Å². The summed E-state index contributed by atoms with van der Waals surface area (Å²) < 4.78 is 22.8. The van der Waals surface area contributed by atoms with Gasteiger partial charge in [0.1, 0.15) is 0 Å². The Labute approximate surface area is 168 Å². The Bertz CT molecular complexity index is 908. The van der Waals surface area contributed by atoms with Crippen molar-refractivity contribution in [2.75, 3.05) is 19.0 Å². The Morgan fingerprint density at radius 3 is 2.64 bits per heavy atom. The second-order valence-electron chi connectivity index (χ2n) is 6.86. The Balaban J connectivity index is 1.53. The summed E-state index contributed by atoms with van der Waals surface area (Å²) in [6, 6.07) is 8.57. The predicted molar refractivity (Wildman–Crippen MR) is 106 cm³/mol. The second-order valence-corrected chi connectivity index (χ2v) is 7.27. The van der Waals surface area contributed by atoms with Gasteiger partial charge in [0, 0.05) is 30.2 Å². The molecule has 4 rings (SSSR count). The van der Waals surface area contributed by atoms with Crippen LogP contribution in [0.25, 0.3) is 0 Å². The van der Waals surface area contributed by atoms with Gasteiger partial charge in [-0.05, 0) is 44.0 Å². The maximum Gasteiger partial charge on any atom is 0.255 e. The zero-order chi connectivity index (χ0) is 19.7. The summed E-state index contributed by atoms with van der Waals surface area (Å²) in [7, 11) is 1.51. The normalized spacial score (nSPS) is 16.2. The van der Waals surface area contributed by atoms with Crippen molar-refractivity contribution in [3.63, 3.8) is 0 Å². The van der Waals surface area contributed by atoms with Gasteiger partial charge in [-0.1, -0.05) is 11.6 Å². The molecule has 0 bridgehead atoms. The van der Waals surface area contributed by atoms with Crippen LogP contribution in [0, 0.1) is 0 Å². The van der Waals surface area contributed by atoms with E-state index in [0.717, 1.165) is 25.7 Å². The molecule has 1 heterocycles. The monoisotopic (exact) mass is 403 g/mol. The number of nitrogens with one attached hydrogen (secondary N) is 1. The highest BCUT2D eigenvalue weighted by Gasteiger charge is 2.44. The van der Waals surface area contributed by atoms with E-state index in [0.29, 0.717) is 45.9 Å². The van der Waals surface area contributed by atoms with E-state index >= 15 is 0 Å². The number of carbonyl (C=O) groups excluding carboxylic acids is 1. The van der Waals surface area contributed by atoms with Crippen LogP contribution in [-0.2, 0) is 0 Å². The number of methoxy groups -OCH3 is 1. The topological polar surface area (TPSA) is 66.0 Å². The van der Waals surface area contributed by atoms with Crippen molar-refractivity contribution in [3.8, 4) is 23.0 Å². The molecule has 0 saturated heterocycles. The van der Waals surface area contributed by atoms with Gasteiger partial charge in [0.2, 0.25) is 0 Å². The number of anilines is 1. The predicted octanol–water partition coefficient (Wildman–Crippen LogP) is 5.04. The van der Waals surface area contributed by atoms with E-state index in [-0.39, 0.29) is 5.91 Å². The highest BCUT2D eigenvalue weighted by molar-refractivity contribution is 6.32. The smallest absolute Gasteiger partial charge is 0.255 e. The van der Waals surface area contributed by atoms with Crippen LogP contribution in [0.2, 0.25) is 5.02 Å². The lowest BCUT2D eigenvalue weighted by Crippen LogP contribution is -2.34. The van der Waals surface area contributed by atoms with Crippen molar-refractivity contribution in [2.24, 2.45) is 0 Å². The van der Waals surface area contributed by atoms with Gasteiger partial charge in [0.25, 0.3) is 11.7 Å². The summed E-state index contributed by atoms with van der Waals surface area (Å²) >= 11 is 6.26. The first-order chi connectivity index (χ1) is 13.5. The zero-order valence-corrected chi connectivity index (χ0v) is 16.6. The van der Waals surface area contributed by atoms with Gasteiger partial charge in [-0.25, -0.2) is 0 Å². The average molecular weight is 404 g/mol. The maximum atomic E-state index is 12.7. The Hall–Kier alpha value is -2.60. The number of hydrogen-bond acceptors (Lipinski definition) is 5. The van der Waals surface area contributed by atoms with Gasteiger partial charge in [0.05, 0.1) is 18.7 Å². The third kappa shape index (κ3) is 3.44. The van der Waals surface area contributed by atoms with Crippen LogP contribution in [0.1, 0.15) is 43.0 Å². The average Bonchev–Trinajstić information content (AvgIpc) is 3.28. The summed E-state index contributed by atoms with van der Waals surface area (Å²) in [4.78, 5) is 12.7. The molecule has 0 unspecified atom stereocenters. The lowest BCUT2D eigenvalue weighted by atomic mass is 10.1. The van der Waals surface area contributed by atoms with E-state index in [1.165, 1.54) is 7.11 Å². The Morgan fingerprint density at radius 2 is 1.93 bits per heavy atom. The molecule has 0 radical (unpaired) electrons. The number of rotatable bonds is 5. The molecule has 1 saturated carbocycles. The molecule has 1 N–H and O–H groups in total. The van der Waals surface area contributed by atoms with Crippen molar-refractivity contribution in [1.29, 1.82) is 0 Å². The zero-order valence-electron chi connectivity index (χ0n) is 15.8. The van der Waals surface area contributed by atoms with E-state index in [2.05, 4.69) is 5.32 Å². The molecule has 2 aromatic rings. The number of carbonyl (C=O) groups is 1. The fourth-order valence-corrected chi connectivity index (χ4v) is 3.89. The fraction of sp³-hybridized carbons (Fsp3) is 0.381. The molecule has 1 aliphatic carbocycles. The van der Waals surface area contributed by atoms with Crippen LogP contribution in [0.3, 0.4) is 0 Å². The molecular weight excluding hydrogens is 382 g/mol. The Kier molecular flexibility index (Phi) is 4.98. The van der Waals surface area contributed by atoms with Gasteiger partial charge in [-0.2, -0.15) is 0 Å². The van der Waals surface area contributed by atoms with Crippen molar-refractivity contribution in [1.82, 2.24) is 0 Å². The molecule has 28 heavy (non-hydrogen) atoms. The van der Waals surface area contributed by atoms with Gasteiger partial charge >= 0.3 is 0 Å². The van der Waals surface area contributed by atoms with Gasteiger partial charge in [-0.3, -0.25) is 4.79 Å². The van der Waals surface area contributed by atoms with Gasteiger partial charge in [-0.15, -0.1) is 0 Å². The molecule has 148 valence electrons. The molecule has 7 heteroatoms. The minimum Gasteiger partial charge on any atom is -0.493 e. The lowest BCUT2D eigenvalue weighted by molar-refractivity contribution is -0.0716. The lowest BCUT2D eigenvalue weighted by Gasteiger charge is -2.21. The van der Waals surface area contributed by atoms with Crippen molar-refractivity contribution < 1.29 is 23.7 Å². The van der Waals surface area contributed by atoms with Crippen molar-refractivity contribution >= 4 is 23.2 Å². The van der Waals surface area contributed by atoms with Crippen LogP contribution < -0.4 is 24.3 Å². The summed E-state index contributed by atoms with van der Waals surface area (Å²) in [5.74, 6) is 1.37.